The second kappa shape index (κ2) is 5.17. The molecule has 0 saturated carbocycles. The molecule has 0 rings (SSSR count). The van der Waals surface area contributed by atoms with Gasteiger partial charge in [-0.3, -0.25) is 0 Å². The molecule has 0 aromatic heterocycles. The van der Waals surface area contributed by atoms with E-state index in [0.29, 0.717) is 8.58 Å². The van der Waals surface area contributed by atoms with Crippen LogP contribution < -0.4 is 0 Å². The van der Waals surface area contributed by atoms with E-state index in [0.717, 1.165) is 0 Å². The predicted octanol–water partition coefficient (Wildman–Crippen LogP) is 1.34. The van der Waals surface area contributed by atoms with E-state index in [1.165, 1.54) is 6.16 Å². The first kappa shape index (κ1) is 6.17. The Bertz CT molecular complexity index is 39.2. The molecule has 0 spiro atoms. The summed E-state index contributed by atoms with van der Waals surface area (Å²) >= 11 is 0. The Morgan fingerprint density at radius 2 is 2.33 bits per heavy atom. The van der Waals surface area contributed by atoms with Crippen molar-refractivity contribution in [2.75, 3.05) is 12.8 Å². The van der Waals surface area contributed by atoms with Crippen molar-refractivity contribution in [2.24, 2.45) is 0 Å². The van der Waals surface area contributed by atoms with E-state index in [-0.39, 0.29) is 0 Å². The van der Waals surface area contributed by atoms with E-state index >= 15 is 0 Å². The van der Waals surface area contributed by atoms with Crippen molar-refractivity contribution < 1.29 is 0 Å². The summed E-state index contributed by atoms with van der Waals surface area (Å²) in [6, 6.07) is 0. The third-order valence-electron chi connectivity index (χ3n) is 0.691. The molecule has 0 radical (unpaired) electrons. The van der Waals surface area contributed by atoms with Gasteiger partial charge in [0.25, 0.3) is 0 Å². The Morgan fingerprint density at radius 3 is 2.50 bits per heavy atom. The molecule has 0 atom stereocenters. The first-order chi connectivity index (χ1) is 2.91. The fourth-order valence-electron chi connectivity index (χ4n) is 0.333. The average Bonchev–Trinajstić information content (AvgIpc) is 1.61. The molecule has 0 unspecified atom stereocenters. The zero-order valence-electron chi connectivity index (χ0n) is 4.57. The molecule has 0 aromatic rings. The third kappa shape index (κ3) is 4.17. The van der Waals surface area contributed by atoms with Gasteiger partial charge in [0, 0.05) is 0 Å². The molecule has 0 N–H and O–H groups in total. The monoisotopic (exact) mass is 104 g/mol. The third-order valence-corrected chi connectivity index (χ3v) is 1.60. The van der Waals surface area contributed by atoms with Gasteiger partial charge in [0.1, 0.15) is 0 Å². The van der Waals surface area contributed by atoms with Gasteiger partial charge in [0.05, 0.1) is 0 Å². The summed E-state index contributed by atoms with van der Waals surface area (Å²) < 4.78 is 0. The predicted molar refractivity (Wildman–Crippen MR) is 36.7 cm³/mol. The number of hydrogen-bond acceptors (Lipinski definition) is 0. The molecule has 0 bridgehead atoms. The Hall–Kier alpha value is 0.170. The molecule has 0 heterocycles. The van der Waals surface area contributed by atoms with Gasteiger partial charge in [0.15, 0.2) is 0 Å². The van der Waals surface area contributed by atoms with Gasteiger partial charge in [-0.1, -0.05) is 0 Å². The fraction of sp³-hybridized carbons (Fsp3) is 0.600. The number of rotatable bonds is 2. The van der Waals surface area contributed by atoms with Gasteiger partial charge in [-0.25, -0.2) is 0 Å². The van der Waals surface area contributed by atoms with Crippen LogP contribution in [-0.2, 0) is 0 Å². The van der Waals surface area contributed by atoms with Crippen molar-refractivity contribution >= 4 is 8.58 Å². The van der Waals surface area contributed by atoms with Crippen LogP contribution in [0.1, 0.15) is 6.92 Å². The fourth-order valence-corrected chi connectivity index (χ4v) is 1.00. The second-order valence-electron chi connectivity index (χ2n) is 1.36. The number of allylic oxidation sites excluding steroid dienone is 2. The topological polar surface area (TPSA) is 0 Å². The molecular weight excluding hydrogens is 91.0 g/mol. The van der Waals surface area contributed by atoms with Gasteiger partial charge in [0.2, 0.25) is 0 Å². The normalized spacial score (nSPS) is 11.0. The average molecular weight is 104 g/mol. The summed E-state index contributed by atoms with van der Waals surface area (Å²) in [5, 5.41) is 0. The van der Waals surface area contributed by atoms with E-state index in [9.17, 15) is 0 Å². The molecule has 38 valence electrons. The van der Waals surface area contributed by atoms with E-state index in [2.05, 4.69) is 25.7 Å². The Kier molecular flexibility index (Phi) is 5.32. The van der Waals surface area contributed by atoms with Crippen LogP contribution >= 0.6 is 8.58 Å². The van der Waals surface area contributed by atoms with Crippen molar-refractivity contribution in [3.63, 3.8) is 0 Å². The first-order valence-corrected chi connectivity index (χ1v) is 4.94. The standard InChI is InChI=1S/C5H13P/c1-3-4-5-6-2/h3-4H,5H2,1-2,6H3. The van der Waals surface area contributed by atoms with Gasteiger partial charge in [-0.15, -0.1) is 0 Å². The molecule has 1 heteroatoms. The van der Waals surface area contributed by atoms with Gasteiger partial charge < -0.3 is 0 Å². The van der Waals surface area contributed by atoms with Crippen molar-refractivity contribution in [3.8, 4) is 0 Å². The molecule has 0 amide bonds. The van der Waals surface area contributed by atoms with Crippen LogP contribution in [-0.4, -0.2) is 12.8 Å². The maximum atomic E-state index is 2.32. The molecule has 0 aliphatic carbocycles. The zero-order chi connectivity index (χ0) is 4.83. The second-order valence-corrected chi connectivity index (χ2v) is 2.94. The molecule has 6 heavy (non-hydrogen) atoms. The molecule has 0 fully saturated rings. The van der Waals surface area contributed by atoms with E-state index in [1.54, 1.807) is 0 Å². The van der Waals surface area contributed by atoms with E-state index < -0.39 is 0 Å². The van der Waals surface area contributed by atoms with E-state index in [1.807, 2.05) is 0 Å². The van der Waals surface area contributed by atoms with Crippen LogP contribution in [0.5, 0.6) is 0 Å². The number of hydrogen-bond donors (Lipinski definition) is 0. The van der Waals surface area contributed by atoms with E-state index in [4.69, 9.17) is 0 Å². The first-order valence-electron chi connectivity index (χ1n) is 2.53. The zero-order valence-corrected chi connectivity index (χ0v) is 5.98. The van der Waals surface area contributed by atoms with Crippen LogP contribution in [0.3, 0.4) is 0 Å². The Balaban J connectivity index is 2.66. The van der Waals surface area contributed by atoms with Crippen LogP contribution in [0.2, 0.25) is 0 Å². The van der Waals surface area contributed by atoms with Crippen molar-refractivity contribution in [3.05, 3.63) is 12.2 Å². The maximum absolute atomic E-state index is 2.32. The van der Waals surface area contributed by atoms with Gasteiger partial charge in [-0.2, -0.15) is 0 Å². The minimum atomic E-state index is 0.316. The molecule has 0 aliphatic heterocycles. The van der Waals surface area contributed by atoms with Crippen LogP contribution in [0.15, 0.2) is 12.2 Å². The molecule has 0 nitrogen and oxygen atoms in total. The summed E-state index contributed by atoms with van der Waals surface area (Å²) in [5.74, 6) is 0. The summed E-state index contributed by atoms with van der Waals surface area (Å²) in [6.45, 7) is 4.39. The molecular formula is C5H13P. The SMILES string of the molecule is CC=CC[PH3]C. The minimum absolute atomic E-state index is 0.316. The Labute approximate surface area is 41.4 Å². The van der Waals surface area contributed by atoms with Crippen molar-refractivity contribution in [1.82, 2.24) is 0 Å². The molecule has 0 aliphatic rings. The quantitative estimate of drug-likeness (QED) is 0.366. The summed E-state index contributed by atoms with van der Waals surface area (Å²) in [4.78, 5) is 0. The van der Waals surface area contributed by atoms with Crippen molar-refractivity contribution in [2.45, 2.75) is 6.92 Å². The van der Waals surface area contributed by atoms with Crippen LogP contribution in [0.25, 0.3) is 0 Å². The van der Waals surface area contributed by atoms with Gasteiger partial charge in [-0.05, 0) is 0 Å². The summed E-state index contributed by atoms with van der Waals surface area (Å²) in [6.07, 6.45) is 5.74. The van der Waals surface area contributed by atoms with Gasteiger partial charge >= 0.3 is 40.5 Å². The van der Waals surface area contributed by atoms with Crippen LogP contribution in [0.4, 0.5) is 0 Å². The summed E-state index contributed by atoms with van der Waals surface area (Å²) in [5.41, 5.74) is 0. The van der Waals surface area contributed by atoms with Crippen LogP contribution in [0, 0.1) is 0 Å². The molecule has 0 saturated heterocycles. The summed E-state index contributed by atoms with van der Waals surface area (Å²) in [7, 11) is 0.316. The van der Waals surface area contributed by atoms with Crippen molar-refractivity contribution in [1.29, 1.82) is 0 Å². The Morgan fingerprint density at radius 1 is 1.67 bits per heavy atom. The molecule has 0 aromatic carbocycles.